The van der Waals surface area contributed by atoms with Gasteiger partial charge in [-0.05, 0) is 25.0 Å². The van der Waals surface area contributed by atoms with Crippen LogP contribution in [0.15, 0.2) is 24.3 Å². The zero-order valence-electron chi connectivity index (χ0n) is 10.1. The van der Waals surface area contributed by atoms with Crippen LogP contribution in [-0.2, 0) is 14.3 Å². The average molecular weight is 234 g/mol. The van der Waals surface area contributed by atoms with Crippen molar-refractivity contribution in [1.82, 2.24) is 0 Å². The van der Waals surface area contributed by atoms with Gasteiger partial charge >= 0.3 is 0 Å². The van der Waals surface area contributed by atoms with Gasteiger partial charge in [0.2, 0.25) is 0 Å². The van der Waals surface area contributed by atoms with Gasteiger partial charge in [0.25, 0.3) is 0 Å². The van der Waals surface area contributed by atoms with Crippen molar-refractivity contribution in [1.29, 1.82) is 0 Å². The van der Waals surface area contributed by atoms with Crippen LogP contribution in [0, 0.1) is 11.8 Å². The Kier molecular flexibility index (Phi) is 2.68. The fraction of sp³-hybridized carbons (Fsp3) is 0.643. The summed E-state index contributed by atoms with van der Waals surface area (Å²) in [6.07, 6.45) is 10.4. The van der Waals surface area contributed by atoms with Crippen LogP contribution in [-0.4, -0.2) is 24.3 Å². The molecule has 3 rings (SSSR count). The van der Waals surface area contributed by atoms with Gasteiger partial charge in [0, 0.05) is 18.3 Å². The molecule has 4 atom stereocenters. The van der Waals surface area contributed by atoms with Gasteiger partial charge in [0.15, 0.2) is 11.6 Å². The highest BCUT2D eigenvalue weighted by molar-refractivity contribution is 5.91. The maximum atomic E-state index is 11.3. The van der Waals surface area contributed by atoms with Crippen molar-refractivity contribution < 1.29 is 14.3 Å². The van der Waals surface area contributed by atoms with E-state index in [0.717, 1.165) is 19.4 Å². The molecule has 2 heterocycles. The Balaban J connectivity index is 1.85. The number of fused-ring (bicyclic) bond motifs is 1. The van der Waals surface area contributed by atoms with Crippen molar-refractivity contribution in [2.45, 2.75) is 38.1 Å². The number of hydrogen-bond acceptors (Lipinski definition) is 3. The molecule has 3 aliphatic rings. The van der Waals surface area contributed by atoms with Crippen LogP contribution in [0.1, 0.15) is 26.2 Å². The second-order valence-corrected chi connectivity index (χ2v) is 5.25. The Hall–Kier alpha value is -0.930. The standard InChI is InChI=1S/C14H18O3/c1-10-3-2-8-16-14(10)7-6-11-9-12(15)4-5-13(11)17-14/h4-7,10-11,13H,2-3,8-9H2,1H3. The zero-order valence-corrected chi connectivity index (χ0v) is 10.1. The molecule has 0 aromatic heterocycles. The number of carbonyl (C=O) groups excluding carboxylic acids is 1. The Morgan fingerprint density at radius 2 is 2.29 bits per heavy atom. The first-order valence-corrected chi connectivity index (χ1v) is 6.42. The van der Waals surface area contributed by atoms with Crippen LogP contribution in [0.5, 0.6) is 0 Å². The molecular weight excluding hydrogens is 216 g/mol. The molecule has 0 bridgehead atoms. The minimum atomic E-state index is -0.551. The molecule has 4 unspecified atom stereocenters. The lowest BCUT2D eigenvalue weighted by molar-refractivity contribution is -0.273. The van der Waals surface area contributed by atoms with E-state index in [1.807, 2.05) is 12.2 Å². The van der Waals surface area contributed by atoms with E-state index in [9.17, 15) is 4.79 Å². The smallest absolute Gasteiger partial charge is 0.191 e. The minimum absolute atomic E-state index is 0.00162. The highest BCUT2D eigenvalue weighted by Gasteiger charge is 2.44. The van der Waals surface area contributed by atoms with E-state index in [2.05, 4.69) is 13.0 Å². The molecule has 0 aromatic rings. The predicted molar refractivity (Wildman–Crippen MR) is 63.3 cm³/mol. The Morgan fingerprint density at radius 3 is 3.12 bits per heavy atom. The molecule has 92 valence electrons. The van der Waals surface area contributed by atoms with Crippen molar-refractivity contribution >= 4 is 5.78 Å². The Bertz CT molecular complexity index is 385. The van der Waals surface area contributed by atoms with E-state index in [4.69, 9.17) is 9.47 Å². The summed E-state index contributed by atoms with van der Waals surface area (Å²) in [7, 11) is 0. The van der Waals surface area contributed by atoms with E-state index in [1.165, 1.54) is 0 Å². The number of ether oxygens (including phenoxy) is 2. The van der Waals surface area contributed by atoms with E-state index >= 15 is 0 Å². The van der Waals surface area contributed by atoms with Gasteiger partial charge in [-0.1, -0.05) is 19.1 Å². The molecule has 0 amide bonds. The summed E-state index contributed by atoms with van der Waals surface area (Å²) >= 11 is 0. The lowest BCUT2D eigenvalue weighted by atomic mass is 9.83. The van der Waals surface area contributed by atoms with Crippen molar-refractivity contribution in [2.75, 3.05) is 6.61 Å². The van der Waals surface area contributed by atoms with Crippen molar-refractivity contribution in [3.05, 3.63) is 24.3 Å². The number of carbonyl (C=O) groups is 1. The molecule has 0 aromatic carbocycles. The van der Waals surface area contributed by atoms with Gasteiger partial charge < -0.3 is 9.47 Å². The normalized spacial score (nSPS) is 45.0. The molecule has 2 aliphatic heterocycles. The fourth-order valence-electron chi connectivity index (χ4n) is 2.90. The molecule has 0 N–H and O–H groups in total. The monoisotopic (exact) mass is 234 g/mol. The molecular formula is C14H18O3. The largest absolute Gasteiger partial charge is 0.346 e. The van der Waals surface area contributed by atoms with Gasteiger partial charge in [-0.25, -0.2) is 0 Å². The molecule has 1 saturated heterocycles. The molecule has 0 saturated carbocycles. The van der Waals surface area contributed by atoms with Crippen LogP contribution in [0.4, 0.5) is 0 Å². The highest BCUT2D eigenvalue weighted by Crippen LogP contribution is 2.40. The van der Waals surface area contributed by atoms with Gasteiger partial charge in [0.1, 0.15) is 0 Å². The molecule has 1 fully saturated rings. The summed E-state index contributed by atoms with van der Waals surface area (Å²) in [5.41, 5.74) is 0. The number of ketones is 1. The number of allylic oxidation sites excluding steroid dienone is 1. The summed E-state index contributed by atoms with van der Waals surface area (Å²) in [6.45, 7) is 2.93. The molecule has 0 radical (unpaired) electrons. The van der Waals surface area contributed by atoms with E-state index in [0.29, 0.717) is 12.3 Å². The first-order chi connectivity index (χ1) is 8.20. The second-order valence-electron chi connectivity index (χ2n) is 5.25. The first kappa shape index (κ1) is 11.2. The van der Waals surface area contributed by atoms with E-state index in [1.54, 1.807) is 6.08 Å². The van der Waals surface area contributed by atoms with Crippen molar-refractivity contribution in [3.8, 4) is 0 Å². The zero-order chi connectivity index (χ0) is 11.9. The molecule has 3 heteroatoms. The van der Waals surface area contributed by atoms with E-state index in [-0.39, 0.29) is 17.8 Å². The van der Waals surface area contributed by atoms with Crippen molar-refractivity contribution in [2.24, 2.45) is 11.8 Å². The summed E-state index contributed by atoms with van der Waals surface area (Å²) in [6, 6.07) is 0. The first-order valence-electron chi connectivity index (χ1n) is 6.42. The SMILES string of the molecule is CC1CCCOC12C=CC1CC(=O)C=CC1O2. The summed E-state index contributed by atoms with van der Waals surface area (Å²) in [5, 5.41) is 0. The maximum absolute atomic E-state index is 11.3. The lowest BCUT2D eigenvalue weighted by Gasteiger charge is -2.46. The summed E-state index contributed by atoms with van der Waals surface area (Å²) in [4.78, 5) is 11.3. The van der Waals surface area contributed by atoms with Crippen LogP contribution in [0.2, 0.25) is 0 Å². The Labute approximate surface area is 101 Å². The minimum Gasteiger partial charge on any atom is -0.346 e. The summed E-state index contributed by atoms with van der Waals surface area (Å²) in [5.74, 6) is 0.202. The summed E-state index contributed by atoms with van der Waals surface area (Å²) < 4.78 is 12.0. The molecule has 1 spiro atoms. The fourth-order valence-corrected chi connectivity index (χ4v) is 2.90. The second kappa shape index (κ2) is 4.07. The van der Waals surface area contributed by atoms with Crippen LogP contribution in [0.3, 0.4) is 0 Å². The lowest BCUT2D eigenvalue weighted by Crippen LogP contribution is -2.50. The number of hydrogen-bond donors (Lipinski definition) is 0. The maximum Gasteiger partial charge on any atom is 0.191 e. The van der Waals surface area contributed by atoms with Crippen LogP contribution < -0.4 is 0 Å². The third-order valence-electron chi connectivity index (χ3n) is 4.02. The topological polar surface area (TPSA) is 35.5 Å². The molecule has 17 heavy (non-hydrogen) atoms. The van der Waals surface area contributed by atoms with Gasteiger partial charge in [-0.15, -0.1) is 0 Å². The number of rotatable bonds is 0. The average Bonchev–Trinajstić information content (AvgIpc) is 2.34. The van der Waals surface area contributed by atoms with Crippen LogP contribution >= 0.6 is 0 Å². The van der Waals surface area contributed by atoms with Crippen LogP contribution in [0.25, 0.3) is 0 Å². The van der Waals surface area contributed by atoms with Gasteiger partial charge in [-0.2, -0.15) is 0 Å². The Morgan fingerprint density at radius 1 is 1.41 bits per heavy atom. The van der Waals surface area contributed by atoms with E-state index < -0.39 is 5.79 Å². The molecule has 1 aliphatic carbocycles. The quantitative estimate of drug-likeness (QED) is 0.603. The highest BCUT2D eigenvalue weighted by atomic mass is 16.7. The van der Waals surface area contributed by atoms with Crippen molar-refractivity contribution in [3.63, 3.8) is 0 Å². The van der Waals surface area contributed by atoms with Gasteiger partial charge in [0.05, 0.1) is 12.7 Å². The van der Waals surface area contributed by atoms with Gasteiger partial charge in [-0.3, -0.25) is 4.79 Å². The third kappa shape index (κ3) is 1.87. The molecule has 3 nitrogen and oxygen atoms in total. The third-order valence-corrected chi connectivity index (χ3v) is 4.02. The predicted octanol–water partition coefficient (Wildman–Crippen LogP) is 2.23.